The fourth-order valence-electron chi connectivity index (χ4n) is 7.07. The number of rotatable bonds is 4. The number of pyridine rings is 2. The molecule has 48 heavy (non-hydrogen) atoms. The molecule has 9 aromatic rings. The van der Waals surface area contributed by atoms with Gasteiger partial charge in [-0.2, -0.15) is 0 Å². The van der Waals surface area contributed by atoms with Crippen LogP contribution in [-0.4, -0.2) is 19.5 Å². The summed E-state index contributed by atoms with van der Waals surface area (Å²) >= 11 is 0. The van der Waals surface area contributed by atoms with Gasteiger partial charge in [0.15, 0.2) is 0 Å². The van der Waals surface area contributed by atoms with E-state index in [-0.39, 0.29) is 5.41 Å². The minimum absolute atomic E-state index is 0.0664. The van der Waals surface area contributed by atoms with Gasteiger partial charge in [0.05, 0.1) is 22.4 Å². The number of aromatic amines is 1. The van der Waals surface area contributed by atoms with Crippen molar-refractivity contribution < 1.29 is 0 Å². The van der Waals surface area contributed by atoms with Crippen LogP contribution in [0.25, 0.3) is 83.1 Å². The van der Waals surface area contributed by atoms with Crippen molar-refractivity contribution >= 4 is 43.7 Å². The summed E-state index contributed by atoms with van der Waals surface area (Å²) < 4.78 is 2.29. The molecule has 0 aliphatic heterocycles. The molecule has 4 nitrogen and oxygen atoms in total. The zero-order chi connectivity index (χ0) is 32.4. The largest absolute Gasteiger partial charge is 0.354 e. The van der Waals surface area contributed by atoms with Gasteiger partial charge in [-0.25, -0.2) is 9.97 Å². The van der Waals surface area contributed by atoms with Crippen molar-refractivity contribution in [2.75, 3.05) is 0 Å². The summed E-state index contributed by atoms with van der Waals surface area (Å²) in [5.41, 5.74) is 13.1. The van der Waals surface area contributed by atoms with E-state index < -0.39 is 0 Å². The molecule has 230 valence electrons. The van der Waals surface area contributed by atoms with Crippen LogP contribution >= 0.6 is 0 Å². The normalized spacial score (nSPS) is 12.1. The van der Waals surface area contributed by atoms with Gasteiger partial charge in [-0.15, -0.1) is 0 Å². The van der Waals surface area contributed by atoms with Crippen molar-refractivity contribution in [2.45, 2.75) is 26.2 Å². The highest BCUT2D eigenvalue weighted by Crippen LogP contribution is 2.38. The van der Waals surface area contributed by atoms with Crippen LogP contribution in [0.1, 0.15) is 26.3 Å². The zero-order valence-corrected chi connectivity index (χ0v) is 27.2. The SMILES string of the molecule is CC(C)(C)c1cc(-c2cccc(-c3cccc4c3[nH]c3ccc(-c5ccccc5)cc34)n2)cc(-n2c3ccccc3c3cccnc32)c1. The zero-order valence-electron chi connectivity index (χ0n) is 27.2. The molecule has 0 saturated heterocycles. The van der Waals surface area contributed by atoms with Gasteiger partial charge in [0, 0.05) is 50.1 Å². The molecule has 5 aromatic carbocycles. The monoisotopic (exact) mass is 618 g/mol. The summed E-state index contributed by atoms with van der Waals surface area (Å²) in [4.78, 5) is 13.9. The number of nitrogens with one attached hydrogen (secondary N) is 1. The Labute approximate surface area is 279 Å². The van der Waals surface area contributed by atoms with E-state index in [4.69, 9.17) is 9.97 Å². The summed E-state index contributed by atoms with van der Waals surface area (Å²) in [6, 6.07) is 49.7. The second kappa shape index (κ2) is 10.8. The predicted molar refractivity (Wildman–Crippen MR) is 201 cm³/mol. The van der Waals surface area contributed by atoms with Crippen molar-refractivity contribution in [3.63, 3.8) is 0 Å². The second-order valence-electron chi connectivity index (χ2n) is 13.6. The average molecular weight is 619 g/mol. The number of hydrogen-bond donors (Lipinski definition) is 1. The van der Waals surface area contributed by atoms with E-state index in [0.29, 0.717) is 0 Å². The highest BCUT2D eigenvalue weighted by molar-refractivity contribution is 6.12. The van der Waals surface area contributed by atoms with E-state index in [0.717, 1.165) is 55.8 Å². The molecule has 0 aliphatic rings. The van der Waals surface area contributed by atoms with Crippen LogP contribution in [0.15, 0.2) is 146 Å². The van der Waals surface area contributed by atoms with Gasteiger partial charge in [-0.3, -0.25) is 4.57 Å². The third kappa shape index (κ3) is 4.60. The molecule has 4 heteroatoms. The number of nitrogens with zero attached hydrogens (tertiary/aromatic N) is 3. The molecule has 0 radical (unpaired) electrons. The Bertz CT molecular complexity index is 2600. The molecule has 0 amide bonds. The standard InChI is InChI=1S/C44H34N4/c1-44(2,3)31-24-30(25-32(27-31)48-41-20-8-7-14-33(41)35-17-11-23-45-43(35)48)38-18-10-19-39(46-38)36-16-9-15-34-37-26-29(28-12-5-4-6-13-28)21-22-40(37)47-42(34)36/h4-27,47H,1-3H3. The van der Waals surface area contributed by atoms with Crippen LogP contribution in [0.5, 0.6) is 0 Å². The van der Waals surface area contributed by atoms with Gasteiger partial charge >= 0.3 is 0 Å². The maximum absolute atomic E-state index is 5.32. The fraction of sp³-hybridized carbons (Fsp3) is 0.0909. The van der Waals surface area contributed by atoms with Crippen LogP contribution < -0.4 is 0 Å². The number of aromatic nitrogens is 4. The first-order valence-corrected chi connectivity index (χ1v) is 16.5. The highest BCUT2D eigenvalue weighted by atomic mass is 15.0. The molecular formula is C44H34N4. The molecule has 0 aliphatic carbocycles. The molecule has 0 spiro atoms. The maximum Gasteiger partial charge on any atom is 0.145 e. The van der Waals surface area contributed by atoms with E-state index in [1.165, 1.54) is 32.8 Å². The summed E-state index contributed by atoms with van der Waals surface area (Å²) in [5, 5.41) is 4.76. The maximum atomic E-state index is 5.32. The number of fused-ring (bicyclic) bond motifs is 6. The third-order valence-corrected chi connectivity index (χ3v) is 9.54. The lowest BCUT2D eigenvalue weighted by Gasteiger charge is -2.22. The van der Waals surface area contributed by atoms with Crippen LogP contribution in [0.2, 0.25) is 0 Å². The Morgan fingerprint density at radius 2 is 1.33 bits per heavy atom. The van der Waals surface area contributed by atoms with E-state index in [1.807, 2.05) is 12.3 Å². The van der Waals surface area contributed by atoms with E-state index in [2.05, 4.69) is 164 Å². The number of benzene rings is 5. The summed E-state index contributed by atoms with van der Waals surface area (Å²) in [6.07, 6.45) is 1.88. The van der Waals surface area contributed by atoms with Crippen LogP contribution in [-0.2, 0) is 5.41 Å². The number of para-hydroxylation sites is 2. The molecule has 0 fully saturated rings. The van der Waals surface area contributed by atoms with Crippen LogP contribution in [0.3, 0.4) is 0 Å². The number of H-pyrrole nitrogens is 1. The predicted octanol–water partition coefficient (Wildman–Crippen LogP) is 11.5. The lowest BCUT2D eigenvalue weighted by molar-refractivity contribution is 0.590. The van der Waals surface area contributed by atoms with Crippen molar-refractivity contribution in [1.82, 2.24) is 19.5 Å². The molecule has 0 bridgehead atoms. The molecule has 4 heterocycles. The van der Waals surface area contributed by atoms with Crippen molar-refractivity contribution in [1.29, 1.82) is 0 Å². The summed E-state index contributed by atoms with van der Waals surface area (Å²) in [7, 11) is 0. The lowest BCUT2D eigenvalue weighted by Crippen LogP contribution is -2.12. The van der Waals surface area contributed by atoms with Crippen molar-refractivity contribution in [3.8, 4) is 39.3 Å². The quantitative estimate of drug-likeness (QED) is 0.213. The first-order valence-electron chi connectivity index (χ1n) is 16.5. The Morgan fingerprint density at radius 3 is 2.21 bits per heavy atom. The topological polar surface area (TPSA) is 46.5 Å². The molecule has 1 N–H and O–H groups in total. The van der Waals surface area contributed by atoms with E-state index in [1.54, 1.807) is 0 Å². The minimum atomic E-state index is -0.0664. The van der Waals surface area contributed by atoms with Gasteiger partial charge in [0.2, 0.25) is 0 Å². The molecule has 0 saturated carbocycles. The fourth-order valence-corrected chi connectivity index (χ4v) is 7.07. The first-order chi connectivity index (χ1) is 23.4. The number of hydrogen-bond acceptors (Lipinski definition) is 2. The molecule has 0 unspecified atom stereocenters. The Balaban J connectivity index is 1.21. The molecule has 4 aromatic heterocycles. The Hall–Kier alpha value is -6.00. The van der Waals surface area contributed by atoms with Gasteiger partial charge in [-0.1, -0.05) is 99.6 Å². The van der Waals surface area contributed by atoms with Crippen LogP contribution in [0.4, 0.5) is 0 Å². The lowest BCUT2D eigenvalue weighted by atomic mass is 9.85. The van der Waals surface area contributed by atoms with E-state index in [9.17, 15) is 0 Å². The highest BCUT2D eigenvalue weighted by Gasteiger charge is 2.20. The summed E-state index contributed by atoms with van der Waals surface area (Å²) in [5.74, 6) is 0. The average Bonchev–Trinajstić information content (AvgIpc) is 3.67. The summed E-state index contributed by atoms with van der Waals surface area (Å²) in [6.45, 7) is 6.80. The minimum Gasteiger partial charge on any atom is -0.354 e. The van der Waals surface area contributed by atoms with Gasteiger partial charge in [-0.05, 0) is 82.8 Å². The molecule has 0 atom stereocenters. The third-order valence-electron chi connectivity index (χ3n) is 9.54. The van der Waals surface area contributed by atoms with Gasteiger partial charge < -0.3 is 4.98 Å². The molecule has 9 rings (SSSR count). The van der Waals surface area contributed by atoms with E-state index >= 15 is 0 Å². The Kier molecular flexibility index (Phi) is 6.34. The van der Waals surface area contributed by atoms with Gasteiger partial charge in [0.1, 0.15) is 5.65 Å². The van der Waals surface area contributed by atoms with Crippen molar-refractivity contribution in [3.05, 3.63) is 151 Å². The van der Waals surface area contributed by atoms with Crippen LogP contribution in [0, 0.1) is 0 Å². The molecular weight excluding hydrogens is 585 g/mol. The smallest absolute Gasteiger partial charge is 0.145 e. The second-order valence-corrected chi connectivity index (χ2v) is 13.6. The van der Waals surface area contributed by atoms with Gasteiger partial charge in [0.25, 0.3) is 0 Å². The van der Waals surface area contributed by atoms with Crippen molar-refractivity contribution in [2.24, 2.45) is 0 Å². The Morgan fingerprint density at radius 1 is 0.562 bits per heavy atom. The first kappa shape index (κ1) is 28.2.